The summed E-state index contributed by atoms with van der Waals surface area (Å²) in [6.07, 6.45) is 7.51. The van der Waals surface area contributed by atoms with Gasteiger partial charge in [-0.25, -0.2) is 14.3 Å². The maximum absolute atomic E-state index is 11.8. The molecule has 0 saturated heterocycles. The number of hydrogen-bond acceptors (Lipinski definition) is 3. The van der Waals surface area contributed by atoms with Crippen LogP contribution in [0.4, 0.5) is 4.79 Å². The van der Waals surface area contributed by atoms with Gasteiger partial charge in [0.25, 0.3) is 0 Å². The second-order valence-electron chi connectivity index (χ2n) is 6.43. The molecule has 6 nitrogen and oxygen atoms in total. The summed E-state index contributed by atoms with van der Waals surface area (Å²) in [7, 11) is 0. The number of hydrogen-bond donors (Lipinski definition) is 2. The fraction of sp³-hybridized carbons (Fsp3) is 0.350. The van der Waals surface area contributed by atoms with E-state index >= 15 is 0 Å². The molecule has 26 heavy (non-hydrogen) atoms. The van der Waals surface area contributed by atoms with Crippen molar-refractivity contribution >= 4 is 11.7 Å². The van der Waals surface area contributed by atoms with Crippen LogP contribution in [0, 0.1) is 6.92 Å². The van der Waals surface area contributed by atoms with Crippen molar-refractivity contribution in [1.82, 2.24) is 25.2 Å². The number of aromatic nitrogens is 3. The number of fused-ring (bicyclic) bond motifs is 1. The number of carbonyl (C=O) groups is 1. The lowest BCUT2D eigenvalue weighted by Gasteiger charge is -2.08. The molecule has 0 aliphatic carbocycles. The van der Waals surface area contributed by atoms with Gasteiger partial charge in [-0.15, -0.1) is 0 Å². The van der Waals surface area contributed by atoms with Crippen LogP contribution in [-0.4, -0.2) is 33.7 Å². The maximum Gasteiger partial charge on any atom is 0.314 e. The first-order valence-electron chi connectivity index (χ1n) is 9.07. The predicted molar refractivity (Wildman–Crippen MR) is 102 cm³/mol. The third kappa shape index (κ3) is 5.31. The second-order valence-corrected chi connectivity index (χ2v) is 6.43. The summed E-state index contributed by atoms with van der Waals surface area (Å²) in [4.78, 5) is 16.2. The van der Waals surface area contributed by atoms with Gasteiger partial charge in [-0.05, 0) is 43.7 Å². The van der Waals surface area contributed by atoms with Gasteiger partial charge < -0.3 is 10.6 Å². The normalized spacial score (nSPS) is 10.8. The van der Waals surface area contributed by atoms with Crippen LogP contribution in [0.1, 0.15) is 29.7 Å². The molecule has 0 radical (unpaired) electrons. The number of urea groups is 1. The highest BCUT2D eigenvalue weighted by atomic mass is 16.2. The Labute approximate surface area is 153 Å². The third-order valence-corrected chi connectivity index (χ3v) is 4.19. The predicted octanol–water partition coefficient (Wildman–Crippen LogP) is 2.90. The zero-order valence-corrected chi connectivity index (χ0v) is 15.1. The summed E-state index contributed by atoms with van der Waals surface area (Å²) in [5.41, 5.74) is 4.23. The Hall–Kier alpha value is -2.89. The number of benzene rings is 1. The Morgan fingerprint density at radius 2 is 1.73 bits per heavy atom. The van der Waals surface area contributed by atoms with Gasteiger partial charge in [0.05, 0.1) is 5.69 Å². The molecule has 0 atom stereocenters. The first kappa shape index (κ1) is 17.9. The van der Waals surface area contributed by atoms with Crippen LogP contribution in [0.3, 0.4) is 0 Å². The highest BCUT2D eigenvalue weighted by molar-refractivity contribution is 5.73. The Kier molecular flexibility index (Phi) is 6.19. The van der Waals surface area contributed by atoms with Crippen LogP contribution < -0.4 is 10.6 Å². The van der Waals surface area contributed by atoms with Crippen molar-refractivity contribution in [2.45, 2.75) is 32.6 Å². The van der Waals surface area contributed by atoms with Crippen LogP contribution >= 0.6 is 0 Å². The first-order valence-corrected chi connectivity index (χ1v) is 9.07. The molecular weight excluding hydrogens is 326 g/mol. The summed E-state index contributed by atoms with van der Waals surface area (Å²) in [6, 6.07) is 12.2. The summed E-state index contributed by atoms with van der Waals surface area (Å²) in [6.45, 7) is 3.28. The molecule has 0 fully saturated rings. The first-order chi connectivity index (χ1) is 12.7. The molecule has 2 amide bonds. The van der Waals surface area contributed by atoms with E-state index in [0.29, 0.717) is 13.1 Å². The van der Waals surface area contributed by atoms with E-state index in [1.54, 1.807) is 4.52 Å². The molecule has 6 heteroatoms. The van der Waals surface area contributed by atoms with E-state index in [1.165, 1.54) is 5.56 Å². The lowest BCUT2D eigenvalue weighted by atomic mass is 10.1. The van der Waals surface area contributed by atoms with Gasteiger partial charge in [-0.3, -0.25) is 0 Å². The van der Waals surface area contributed by atoms with Crippen molar-refractivity contribution in [3.8, 4) is 0 Å². The molecule has 2 heterocycles. The van der Waals surface area contributed by atoms with Crippen molar-refractivity contribution in [2.24, 2.45) is 0 Å². The minimum Gasteiger partial charge on any atom is -0.338 e. The highest BCUT2D eigenvalue weighted by Gasteiger charge is 2.02. The zero-order chi connectivity index (χ0) is 18.2. The molecule has 0 unspecified atom stereocenters. The molecule has 3 rings (SSSR count). The summed E-state index contributed by atoms with van der Waals surface area (Å²) in [5.74, 6) is 0. The average molecular weight is 351 g/mol. The topological polar surface area (TPSA) is 71.3 Å². The van der Waals surface area contributed by atoms with Crippen molar-refractivity contribution in [3.05, 3.63) is 65.6 Å². The number of nitrogens with zero attached hydrogens (tertiary/aromatic N) is 3. The zero-order valence-electron chi connectivity index (χ0n) is 15.1. The lowest BCUT2D eigenvalue weighted by molar-refractivity contribution is 0.240. The van der Waals surface area contributed by atoms with Gasteiger partial charge in [-0.1, -0.05) is 30.3 Å². The molecule has 1 aromatic carbocycles. The molecule has 0 bridgehead atoms. The molecule has 2 aromatic heterocycles. The van der Waals surface area contributed by atoms with Crippen LogP contribution in [0.25, 0.3) is 5.65 Å². The fourth-order valence-electron chi connectivity index (χ4n) is 2.86. The minimum absolute atomic E-state index is 0.102. The van der Waals surface area contributed by atoms with E-state index in [4.69, 9.17) is 0 Å². The fourth-order valence-corrected chi connectivity index (χ4v) is 2.86. The second kappa shape index (κ2) is 8.99. The highest BCUT2D eigenvalue weighted by Crippen LogP contribution is 2.06. The number of carbonyl (C=O) groups excluding carboxylic acids is 1. The van der Waals surface area contributed by atoms with E-state index in [2.05, 4.69) is 32.8 Å². The van der Waals surface area contributed by atoms with E-state index in [1.807, 2.05) is 43.6 Å². The van der Waals surface area contributed by atoms with E-state index in [9.17, 15) is 4.79 Å². The van der Waals surface area contributed by atoms with E-state index in [-0.39, 0.29) is 6.03 Å². The van der Waals surface area contributed by atoms with Gasteiger partial charge in [0.2, 0.25) is 0 Å². The molecule has 3 aromatic rings. The standard InChI is InChI=1S/C20H25N5O/c1-16-13-19-23-14-18(15-25(19)24-16)10-6-12-22-20(26)21-11-5-9-17-7-3-2-4-8-17/h2-4,7-8,13-15H,5-6,9-12H2,1H3,(H2,21,22,26). The minimum atomic E-state index is -0.102. The number of amides is 2. The molecular formula is C20H25N5O. The Morgan fingerprint density at radius 1 is 1.04 bits per heavy atom. The van der Waals surface area contributed by atoms with Crippen molar-refractivity contribution in [3.63, 3.8) is 0 Å². The van der Waals surface area contributed by atoms with Crippen molar-refractivity contribution in [1.29, 1.82) is 0 Å². The number of aryl methyl sites for hydroxylation is 3. The molecule has 2 N–H and O–H groups in total. The maximum atomic E-state index is 11.8. The monoisotopic (exact) mass is 351 g/mol. The summed E-state index contributed by atoms with van der Waals surface area (Å²) < 4.78 is 1.80. The molecule has 136 valence electrons. The SMILES string of the molecule is Cc1cc2ncc(CCCNC(=O)NCCCc3ccccc3)cn2n1. The van der Waals surface area contributed by atoms with Crippen LogP contribution in [-0.2, 0) is 12.8 Å². The lowest BCUT2D eigenvalue weighted by Crippen LogP contribution is -2.36. The van der Waals surface area contributed by atoms with Gasteiger partial charge in [0.15, 0.2) is 5.65 Å². The Morgan fingerprint density at radius 3 is 2.46 bits per heavy atom. The molecule has 0 aliphatic heterocycles. The third-order valence-electron chi connectivity index (χ3n) is 4.19. The Balaban J connectivity index is 1.29. The molecule has 0 spiro atoms. The largest absolute Gasteiger partial charge is 0.338 e. The van der Waals surface area contributed by atoms with Gasteiger partial charge in [0.1, 0.15) is 0 Å². The smallest absolute Gasteiger partial charge is 0.314 e. The molecule has 0 saturated carbocycles. The average Bonchev–Trinajstić information content (AvgIpc) is 3.02. The van der Waals surface area contributed by atoms with Gasteiger partial charge in [0, 0.05) is 31.5 Å². The summed E-state index contributed by atoms with van der Waals surface area (Å²) in [5, 5.41) is 10.2. The van der Waals surface area contributed by atoms with Gasteiger partial charge in [-0.2, -0.15) is 5.10 Å². The van der Waals surface area contributed by atoms with E-state index < -0.39 is 0 Å². The molecule has 0 aliphatic rings. The van der Waals surface area contributed by atoms with Crippen LogP contribution in [0.2, 0.25) is 0 Å². The summed E-state index contributed by atoms with van der Waals surface area (Å²) >= 11 is 0. The van der Waals surface area contributed by atoms with Crippen molar-refractivity contribution in [2.75, 3.05) is 13.1 Å². The van der Waals surface area contributed by atoms with Crippen LogP contribution in [0.5, 0.6) is 0 Å². The number of rotatable bonds is 8. The van der Waals surface area contributed by atoms with Gasteiger partial charge >= 0.3 is 6.03 Å². The van der Waals surface area contributed by atoms with E-state index in [0.717, 1.165) is 42.6 Å². The Bertz CT molecular complexity index is 844. The quantitative estimate of drug-likeness (QED) is 0.613. The van der Waals surface area contributed by atoms with Crippen molar-refractivity contribution < 1.29 is 4.79 Å². The van der Waals surface area contributed by atoms with Crippen LogP contribution in [0.15, 0.2) is 48.8 Å². The number of nitrogens with one attached hydrogen (secondary N) is 2.